The molecule has 0 spiro atoms. The molecule has 2 atom stereocenters. The number of β-amino-alcohol motifs (C(OH)–C–C–N with tert-alkyl or cyclic N) is 1. The average Bonchev–Trinajstić information content (AvgIpc) is 3.02. The van der Waals surface area contributed by atoms with Gasteiger partial charge in [0.15, 0.2) is 0 Å². The Hall–Kier alpha value is -2.09. The number of anilines is 1. The Morgan fingerprint density at radius 3 is 2.41 bits per heavy atom. The van der Waals surface area contributed by atoms with Gasteiger partial charge in [0.2, 0.25) is 0 Å². The van der Waals surface area contributed by atoms with Crippen LogP contribution in [0.25, 0.3) is 0 Å². The second-order valence-electron chi connectivity index (χ2n) is 7.32. The first-order valence-electron chi connectivity index (χ1n) is 9.34. The summed E-state index contributed by atoms with van der Waals surface area (Å²) in [5, 5.41) is 10.5. The molecule has 2 aliphatic rings. The number of aromatic nitrogens is 1. The van der Waals surface area contributed by atoms with Crippen LogP contribution in [0.4, 0.5) is 14.6 Å². The highest BCUT2D eigenvalue weighted by Gasteiger charge is 2.36. The van der Waals surface area contributed by atoms with Crippen molar-refractivity contribution < 1.29 is 13.9 Å². The van der Waals surface area contributed by atoms with Crippen molar-refractivity contribution in [2.75, 3.05) is 44.2 Å². The van der Waals surface area contributed by atoms with Crippen molar-refractivity contribution in [3.63, 3.8) is 0 Å². The third-order valence-corrected chi connectivity index (χ3v) is 5.42. The standard InChI is InChI=1S/C20H24F2N4O/c21-16-9-15(10-17(22)11-16)12-24-13-18(19(27)14-24)25-5-7-26(8-6-25)20-3-1-2-4-23-20/h1-4,9-11,18-19,27H,5-8,12-14H2/t18-,19-/m0/s1. The fourth-order valence-electron chi connectivity index (χ4n) is 4.12. The number of nitrogens with zero attached hydrogens (tertiary/aromatic N) is 4. The number of pyridine rings is 1. The van der Waals surface area contributed by atoms with Gasteiger partial charge in [-0.1, -0.05) is 6.07 Å². The molecular formula is C20H24F2N4O. The second kappa shape index (κ2) is 7.88. The van der Waals surface area contributed by atoms with Crippen LogP contribution in [-0.4, -0.2) is 71.3 Å². The minimum atomic E-state index is -0.563. The van der Waals surface area contributed by atoms with Crippen LogP contribution >= 0.6 is 0 Å². The highest BCUT2D eigenvalue weighted by molar-refractivity contribution is 5.38. The van der Waals surface area contributed by atoms with Crippen LogP contribution in [0.15, 0.2) is 42.6 Å². The van der Waals surface area contributed by atoms with Gasteiger partial charge in [0, 0.05) is 64.1 Å². The van der Waals surface area contributed by atoms with Gasteiger partial charge in [-0.2, -0.15) is 0 Å². The summed E-state index contributed by atoms with van der Waals surface area (Å²) in [4.78, 5) is 11.0. The van der Waals surface area contributed by atoms with E-state index in [0.717, 1.165) is 38.1 Å². The molecule has 7 heteroatoms. The monoisotopic (exact) mass is 374 g/mol. The summed E-state index contributed by atoms with van der Waals surface area (Å²) in [6.07, 6.45) is 1.35. The van der Waals surface area contributed by atoms with Crippen LogP contribution in [0.1, 0.15) is 5.56 Å². The molecule has 1 aromatic carbocycles. The molecule has 5 nitrogen and oxygen atoms in total. The Balaban J connectivity index is 1.34. The Bertz CT molecular complexity index is 748. The van der Waals surface area contributed by atoms with Crippen molar-refractivity contribution in [1.29, 1.82) is 0 Å². The summed E-state index contributed by atoms with van der Waals surface area (Å²) in [6.45, 7) is 5.12. The molecule has 2 fully saturated rings. The molecule has 3 heterocycles. The van der Waals surface area contributed by atoms with E-state index in [2.05, 4.69) is 19.7 Å². The number of aliphatic hydroxyl groups excluding tert-OH is 1. The maximum atomic E-state index is 13.4. The van der Waals surface area contributed by atoms with E-state index in [9.17, 15) is 13.9 Å². The molecule has 0 amide bonds. The maximum Gasteiger partial charge on any atom is 0.128 e. The van der Waals surface area contributed by atoms with Crippen molar-refractivity contribution in [2.24, 2.45) is 0 Å². The summed E-state index contributed by atoms with van der Waals surface area (Å²) in [5.41, 5.74) is 0.598. The number of rotatable bonds is 4. The molecule has 2 saturated heterocycles. The van der Waals surface area contributed by atoms with E-state index in [4.69, 9.17) is 0 Å². The van der Waals surface area contributed by atoms with E-state index in [1.807, 2.05) is 18.2 Å². The molecule has 0 radical (unpaired) electrons. The zero-order chi connectivity index (χ0) is 18.8. The smallest absolute Gasteiger partial charge is 0.128 e. The van der Waals surface area contributed by atoms with Gasteiger partial charge in [-0.3, -0.25) is 9.80 Å². The van der Waals surface area contributed by atoms with Gasteiger partial charge in [-0.15, -0.1) is 0 Å². The molecular weight excluding hydrogens is 350 g/mol. The normalized spacial score (nSPS) is 24.5. The quantitative estimate of drug-likeness (QED) is 0.883. The number of halogens is 2. The average molecular weight is 374 g/mol. The lowest BCUT2D eigenvalue weighted by molar-refractivity contribution is 0.0790. The highest BCUT2D eigenvalue weighted by atomic mass is 19.1. The minimum Gasteiger partial charge on any atom is -0.390 e. The first-order chi connectivity index (χ1) is 13.1. The lowest BCUT2D eigenvalue weighted by Gasteiger charge is -2.39. The van der Waals surface area contributed by atoms with E-state index < -0.39 is 17.7 Å². The SMILES string of the molecule is O[C@H]1CN(Cc2cc(F)cc(F)c2)C[C@@H]1N1CCN(c2ccccn2)CC1. The molecule has 0 aliphatic carbocycles. The van der Waals surface area contributed by atoms with Gasteiger partial charge >= 0.3 is 0 Å². The molecule has 1 aromatic heterocycles. The molecule has 0 saturated carbocycles. The Morgan fingerprint density at radius 2 is 1.74 bits per heavy atom. The zero-order valence-electron chi connectivity index (χ0n) is 15.1. The Labute approximate surface area is 157 Å². The molecule has 0 unspecified atom stereocenters. The first-order valence-corrected chi connectivity index (χ1v) is 9.34. The van der Waals surface area contributed by atoms with Gasteiger partial charge in [-0.25, -0.2) is 13.8 Å². The maximum absolute atomic E-state index is 13.4. The van der Waals surface area contributed by atoms with Crippen molar-refractivity contribution >= 4 is 5.82 Å². The molecule has 1 N–H and O–H groups in total. The number of benzene rings is 1. The molecule has 4 rings (SSSR count). The summed E-state index contributed by atoms with van der Waals surface area (Å²) < 4.78 is 26.8. The number of piperazine rings is 1. The molecule has 0 bridgehead atoms. The third-order valence-electron chi connectivity index (χ3n) is 5.42. The lowest BCUT2D eigenvalue weighted by Crippen LogP contribution is -2.53. The predicted octanol–water partition coefficient (Wildman–Crippen LogP) is 1.73. The van der Waals surface area contributed by atoms with Crippen LogP contribution in [-0.2, 0) is 6.54 Å². The van der Waals surface area contributed by atoms with E-state index in [-0.39, 0.29) is 6.04 Å². The fourth-order valence-corrected chi connectivity index (χ4v) is 4.12. The van der Waals surface area contributed by atoms with Crippen LogP contribution in [0, 0.1) is 11.6 Å². The number of hydrogen-bond acceptors (Lipinski definition) is 5. The largest absolute Gasteiger partial charge is 0.390 e. The number of aliphatic hydroxyl groups is 1. The van der Waals surface area contributed by atoms with Crippen LogP contribution < -0.4 is 4.90 Å². The van der Waals surface area contributed by atoms with Crippen molar-refractivity contribution in [3.8, 4) is 0 Å². The predicted molar refractivity (Wildman–Crippen MR) is 99.5 cm³/mol. The molecule has 2 aromatic rings. The van der Waals surface area contributed by atoms with E-state index in [0.29, 0.717) is 25.2 Å². The van der Waals surface area contributed by atoms with E-state index in [1.54, 1.807) is 6.20 Å². The number of likely N-dealkylation sites (tertiary alicyclic amines) is 1. The Morgan fingerprint density at radius 1 is 1.00 bits per heavy atom. The van der Waals surface area contributed by atoms with Gasteiger partial charge in [-0.05, 0) is 29.8 Å². The lowest BCUT2D eigenvalue weighted by atomic mass is 10.1. The summed E-state index contributed by atoms with van der Waals surface area (Å²) in [7, 11) is 0. The topological polar surface area (TPSA) is 42.8 Å². The molecule has 2 aliphatic heterocycles. The van der Waals surface area contributed by atoms with Gasteiger partial charge in [0.25, 0.3) is 0 Å². The summed E-state index contributed by atoms with van der Waals surface area (Å²) >= 11 is 0. The third kappa shape index (κ3) is 4.26. The highest BCUT2D eigenvalue weighted by Crippen LogP contribution is 2.22. The number of hydrogen-bond donors (Lipinski definition) is 1. The zero-order valence-corrected chi connectivity index (χ0v) is 15.1. The van der Waals surface area contributed by atoms with Crippen molar-refractivity contribution in [2.45, 2.75) is 18.7 Å². The van der Waals surface area contributed by atoms with Crippen LogP contribution in [0.3, 0.4) is 0 Å². The summed E-state index contributed by atoms with van der Waals surface area (Å²) in [5.74, 6) is -0.141. The minimum absolute atomic E-state index is 0.0503. The van der Waals surface area contributed by atoms with E-state index in [1.165, 1.54) is 12.1 Å². The van der Waals surface area contributed by atoms with Crippen LogP contribution in [0.2, 0.25) is 0 Å². The Kier molecular flexibility index (Phi) is 5.33. The van der Waals surface area contributed by atoms with Crippen molar-refractivity contribution in [3.05, 3.63) is 59.8 Å². The molecule has 144 valence electrons. The van der Waals surface area contributed by atoms with Crippen molar-refractivity contribution in [1.82, 2.24) is 14.8 Å². The second-order valence-corrected chi connectivity index (χ2v) is 7.32. The van der Waals surface area contributed by atoms with Gasteiger partial charge in [0.1, 0.15) is 17.5 Å². The molecule has 27 heavy (non-hydrogen) atoms. The van der Waals surface area contributed by atoms with Crippen LogP contribution in [0.5, 0.6) is 0 Å². The van der Waals surface area contributed by atoms with E-state index >= 15 is 0 Å². The van der Waals surface area contributed by atoms with Gasteiger partial charge < -0.3 is 10.0 Å². The van der Waals surface area contributed by atoms with Gasteiger partial charge in [0.05, 0.1) is 6.10 Å². The first kappa shape index (κ1) is 18.3. The summed E-state index contributed by atoms with van der Waals surface area (Å²) in [6, 6.07) is 9.56. The fraction of sp³-hybridized carbons (Fsp3) is 0.450.